The Morgan fingerprint density at radius 3 is 2.68 bits per heavy atom. The van der Waals surface area contributed by atoms with Crippen molar-refractivity contribution in [3.05, 3.63) is 41.7 Å². The molecule has 28 heavy (non-hydrogen) atoms. The molecule has 1 saturated carbocycles. The van der Waals surface area contributed by atoms with Crippen molar-refractivity contribution in [2.75, 3.05) is 12.4 Å². The highest BCUT2D eigenvalue weighted by Gasteiger charge is 2.42. The summed E-state index contributed by atoms with van der Waals surface area (Å²) in [7, 11) is -3.48. The molecular weight excluding hydrogens is 412 g/mol. The fraction of sp³-hybridized carbons (Fsp3) is 0.500. The Bertz CT molecular complexity index is 903. The number of hydrogen-bond donors (Lipinski definition) is 1. The second-order valence-electron chi connectivity index (χ2n) is 6.89. The van der Waals surface area contributed by atoms with Crippen molar-refractivity contribution >= 4 is 21.6 Å². The first kappa shape index (κ1) is 21.0. The van der Waals surface area contributed by atoms with Crippen molar-refractivity contribution in [2.24, 2.45) is 5.92 Å². The van der Waals surface area contributed by atoms with E-state index in [4.69, 9.17) is 16.3 Å². The number of ether oxygens (including phenoxy) is 1. The third-order valence-corrected chi connectivity index (χ3v) is 6.40. The topological polar surface area (TPSA) is 73.2 Å². The summed E-state index contributed by atoms with van der Waals surface area (Å²) in [5, 5.41) is 4.61. The van der Waals surface area contributed by atoms with Gasteiger partial charge in [0.15, 0.2) is 0 Å². The lowest BCUT2D eigenvalue weighted by Gasteiger charge is -2.36. The molecule has 2 atom stereocenters. The molecule has 2 unspecified atom stereocenters. The lowest BCUT2D eigenvalue weighted by molar-refractivity contribution is -0.0660. The van der Waals surface area contributed by atoms with Crippen LogP contribution in [0.2, 0.25) is 5.02 Å². The van der Waals surface area contributed by atoms with Crippen LogP contribution < -0.4 is 9.46 Å². The van der Waals surface area contributed by atoms with Gasteiger partial charge in [0.1, 0.15) is 5.75 Å². The Hall–Kier alpha value is -1.71. The number of aromatic nitrogens is 2. The largest absolute Gasteiger partial charge is 0.493 e. The zero-order valence-corrected chi connectivity index (χ0v) is 16.9. The van der Waals surface area contributed by atoms with Crippen LogP contribution in [0.25, 0.3) is 5.69 Å². The number of nitrogens with zero attached hydrogens (tertiary/aromatic N) is 2. The molecule has 0 spiro atoms. The molecule has 0 amide bonds. The second kappa shape index (κ2) is 8.34. The first-order valence-corrected chi connectivity index (χ1v) is 11.0. The van der Waals surface area contributed by atoms with E-state index >= 15 is 0 Å². The monoisotopic (exact) mass is 433 g/mol. The second-order valence-corrected chi connectivity index (χ2v) is 9.37. The van der Waals surface area contributed by atoms with E-state index in [1.165, 1.54) is 13.1 Å². The molecule has 3 rings (SSSR count). The Morgan fingerprint density at radius 1 is 1.36 bits per heavy atom. The highest BCUT2D eigenvalue weighted by Crippen LogP contribution is 2.37. The normalized spacial score (nSPS) is 22.1. The summed E-state index contributed by atoms with van der Waals surface area (Å²) in [4.78, 5) is 0. The van der Waals surface area contributed by atoms with Crippen LogP contribution in [0, 0.1) is 5.92 Å². The van der Waals surface area contributed by atoms with E-state index in [9.17, 15) is 17.2 Å². The number of rotatable bonds is 7. The molecule has 154 valence electrons. The predicted octanol–water partition coefficient (Wildman–Crippen LogP) is 3.65. The van der Waals surface area contributed by atoms with Gasteiger partial charge in [0.05, 0.1) is 29.3 Å². The standard InChI is InChI=1S/C18H22ClF2N3O3S/c1-2-28(25,26)23-17-7-8-18(20,21)9-13(17)12-27-16-5-3-15(4-6-16)24-11-14(19)10-22-24/h3-6,10-11,13,17,23H,2,7-9,12H2,1H3. The molecule has 0 aliphatic heterocycles. The van der Waals surface area contributed by atoms with Gasteiger partial charge in [0, 0.05) is 31.0 Å². The Morgan fingerprint density at radius 2 is 2.07 bits per heavy atom. The van der Waals surface area contributed by atoms with E-state index in [0.29, 0.717) is 10.8 Å². The molecule has 1 aliphatic carbocycles. The third-order valence-electron chi connectivity index (χ3n) is 4.78. The van der Waals surface area contributed by atoms with Crippen LogP contribution in [0.1, 0.15) is 26.2 Å². The van der Waals surface area contributed by atoms with Gasteiger partial charge in [0.2, 0.25) is 15.9 Å². The van der Waals surface area contributed by atoms with Gasteiger partial charge in [-0.25, -0.2) is 26.6 Å². The summed E-state index contributed by atoms with van der Waals surface area (Å²) in [6.45, 7) is 1.51. The van der Waals surface area contributed by atoms with Gasteiger partial charge in [-0.05, 0) is 37.6 Å². The van der Waals surface area contributed by atoms with Gasteiger partial charge < -0.3 is 4.74 Å². The van der Waals surface area contributed by atoms with Crippen molar-refractivity contribution in [1.29, 1.82) is 0 Å². The van der Waals surface area contributed by atoms with Gasteiger partial charge >= 0.3 is 0 Å². The minimum atomic E-state index is -3.48. The van der Waals surface area contributed by atoms with Crippen molar-refractivity contribution in [1.82, 2.24) is 14.5 Å². The van der Waals surface area contributed by atoms with E-state index in [1.54, 1.807) is 35.1 Å². The molecule has 10 heteroatoms. The summed E-state index contributed by atoms with van der Waals surface area (Å²) < 4.78 is 61.3. The molecule has 0 saturated heterocycles. The average Bonchev–Trinajstić information content (AvgIpc) is 3.08. The number of halogens is 3. The summed E-state index contributed by atoms with van der Waals surface area (Å²) in [5.74, 6) is -3.01. The van der Waals surface area contributed by atoms with Crippen molar-refractivity contribution in [3.63, 3.8) is 0 Å². The van der Waals surface area contributed by atoms with Crippen molar-refractivity contribution in [2.45, 2.75) is 38.2 Å². The zero-order valence-electron chi connectivity index (χ0n) is 15.3. The molecule has 1 fully saturated rings. The van der Waals surface area contributed by atoms with Crippen LogP contribution in [0.5, 0.6) is 5.75 Å². The van der Waals surface area contributed by atoms with E-state index in [2.05, 4.69) is 9.82 Å². The minimum Gasteiger partial charge on any atom is -0.493 e. The maximum atomic E-state index is 13.9. The molecule has 2 aromatic rings. The zero-order chi connectivity index (χ0) is 20.4. The summed E-state index contributed by atoms with van der Waals surface area (Å²) in [6.07, 6.45) is 2.52. The molecule has 1 aromatic carbocycles. The van der Waals surface area contributed by atoms with Crippen LogP contribution in [0.3, 0.4) is 0 Å². The predicted molar refractivity (Wildman–Crippen MR) is 103 cm³/mol. The number of sulfonamides is 1. The lowest BCUT2D eigenvalue weighted by atomic mass is 9.83. The Labute approximate surface area is 167 Å². The van der Waals surface area contributed by atoms with E-state index in [-0.39, 0.29) is 25.2 Å². The first-order valence-electron chi connectivity index (χ1n) is 8.99. The van der Waals surface area contributed by atoms with Gasteiger partial charge in [-0.2, -0.15) is 5.10 Å². The summed E-state index contributed by atoms with van der Waals surface area (Å²) in [5.41, 5.74) is 0.775. The SMILES string of the molecule is CCS(=O)(=O)NC1CCC(F)(F)CC1COc1ccc(-n2cc(Cl)cn2)cc1. The lowest BCUT2D eigenvalue weighted by Crippen LogP contribution is -2.48. The highest BCUT2D eigenvalue weighted by molar-refractivity contribution is 7.89. The van der Waals surface area contributed by atoms with E-state index in [1.807, 2.05) is 0 Å². The van der Waals surface area contributed by atoms with E-state index < -0.39 is 34.3 Å². The summed E-state index contributed by atoms with van der Waals surface area (Å²) in [6, 6.07) is 6.39. The Kier molecular flexibility index (Phi) is 6.26. The van der Waals surface area contributed by atoms with Gasteiger partial charge in [-0.15, -0.1) is 0 Å². The highest BCUT2D eigenvalue weighted by atomic mass is 35.5. The van der Waals surface area contributed by atoms with Crippen LogP contribution in [-0.2, 0) is 10.0 Å². The minimum absolute atomic E-state index is 0.000560. The number of benzene rings is 1. The van der Waals surface area contributed by atoms with E-state index in [0.717, 1.165) is 5.69 Å². The molecule has 0 radical (unpaired) electrons. The summed E-state index contributed by atoms with van der Waals surface area (Å²) >= 11 is 5.85. The number of nitrogens with one attached hydrogen (secondary N) is 1. The molecular formula is C18H22ClF2N3O3S. The smallest absolute Gasteiger partial charge is 0.248 e. The first-order chi connectivity index (χ1) is 13.2. The quantitative estimate of drug-likeness (QED) is 0.723. The van der Waals surface area contributed by atoms with Gasteiger partial charge in [-0.1, -0.05) is 11.6 Å². The maximum Gasteiger partial charge on any atom is 0.248 e. The van der Waals surface area contributed by atoms with Crippen LogP contribution in [0.15, 0.2) is 36.7 Å². The number of hydrogen-bond acceptors (Lipinski definition) is 4. The molecule has 1 heterocycles. The van der Waals surface area contributed by atoms with Crippen molar-refractivity contribution in [3.8, 4) is 11.4 Å². The molecule has 1 aliphatic rings. The van der Waals surface area contributed by atoms with Gasteiger partial charge in [-0.3, -0.25) is 0 Å². The molecule has 1 N–H and O–H groups in total. The molecule has 1 aromatic heterocycles. The van der Waals surface area contributed by atoms with Crippen molar-refractivity contribution < 1.29 is 21.9 Å². The van der Waals surface area contributed by atoms with Crippen LogP contribution >= 0.6 is 11.6 Å². The fourth-order valence-corrected chi connectivity index (χ4v) is 4.29. The fourth-order valence-electron chi connectivity index (χ4n) is 3.21. The molecule has 6 nitrogen and oxygen atoms in total. The maximum absolute atomic E-state index is 13.9. The Balaban J connectivity index is 1.66. The van der Waals surface area contributed by atoms with Gasteiger partial charge in [0.25, 0.3) is 0 Å². The number of alkyl halides is 2. The van der Waals surface area contributed by atoms with Crippen LogP contribution in [0.4, 0.5) is 8.78 Å². The third kappa shape index (κ3) is 5.42. The average molecular weight is 434 g/mol. The molecule has 0 bridgehead atoms. The van der Waals surface area contributed by atoms with Crippen LogP contribution in [-0.4, -0.2) is 42.5 Å².